The van der Waals surface area contributed by atoms with E-state index in [4.69, 9.17) is 14.5 Å². The third-order valence-electron chi connectivity index (χ3n) is 6.99. The number of aromatic nitrogens is 3. The third-order valence-corrected chi connectivity index (χ3v) is 8.69. The Morgan fingerprint density at radius 3 is 2.65 bits per heavy atom. The molecule has 6 nitrogen and oxygen atoms in total. The fourth-order valence-electron chi connectivity index (χ4n) is 5.08. The maximum absolute atomic E-state index is 12.2. The van der Waals surface area contributed by atoms with E-state index < -0.39 is 8.07 Å². The summed E-state index contributed by atoms with van der Waals surface area (Å²) in [6.45, 7) is 10.5. The van der Waals surface area contributed by atoms with E-state index in [1.807, 2.05) is 18.5 Å². The van der Waals surface area contributed by atoms with Gasteiger partial charge in [0.25, 0.3) is 0 Å². The number of hydrogen-bond acceptors (Lipinski definition) is 4. The van der Waals surface area contributed by atoms with Crippen molar-refractivity contribution >= 4 is 24.9 Å². The van der Waals surface area contributed by atoms with Crippen LogP contribution in [-0.4, -0.2) is 42.3 Å². The van der Waals surface area contributed by atoms with Crippen LogP contribution in [0.2, 0.25) is 25.7 Å². The number of imidazole rings is 1. The first-order valence-electron chi connectivity index (χ1n) is 12.7. The lowest BCUT2D eigenvalue weighted by Gasteiger charge is -2.23. The highest BCUT2D eigenvalue weighted by atomic mass is 28.3. The minimum absolute atomic E-state index is 0.313. The van der Waals surface area contributed by atoms with Gasteiger partial charge in [0.1, 0.15) is 6.73 Å². The Balaban J connectivity index is 1.78. The molecule has 3 aromatic rings. The summed E-state index contributed by atoms with van der Waals surface area (Å²) in [5.74, 6) is 0.190. The average molecular weight is 482 g/mol. The fraction of sp³-hybridized carbons (Fsp3) is 0.556. The molecule has 0 bridgehead atoms. The Labute approximate surface area is 204 Å². The first kappa shape index (κ1) is 24.7. The number of carbonyl (C=O) groups is 1. The molecule has 2 aromatic heterocycles. The number of carbonyl (C=O) groups excluding carboxylic acids is 1. The van der Waals surface area contributed by atoms with Crippen molar-refractivity contribution < 1.29 is 14.3 Å². The molecule has 0 radical (unpaired) electrons. The number of ether oxygens (including phenoxy) is 2. The number of methoxy groups -OCH3 is 1. The Morgan fingerprint density at radius 1 is 1.21 bits per heavy atom. The molecular formula is C27H39N3O3Si. The summed E-state index contributed by atoms with van der Waals surface area (Å²) >= 11 is 0. The molecule has 7 heteroatoms. The molecule has 1 aliphatic carbocycles. The monoisotopic (exact) mass is 481 g/mol. The highest BCUT2D eigenvalue weighted by molar-refractivity contribution is 6.76. The fourth-order valence-corrected chi connectivity index (χ4v) is 5.83. The Hall–Kier alpha value is -2.38. The number of esters is 1. The lowest BCUT2D eigenvalue weighted by atomic mass is 9.82. The average Bonchev–Trinajstić information content (AvgIpc) is 3.41. The molecule has 4 rings (SSSR count). The van der Waals surface area contributed by atoms with Gasteiger partial charge in [-0.3, -0.25) is 0 Å². The van der Waals surface area contributed by atoms with Crippen LogP contribution in [0.15, 0.2) is 24.5 Å². The normalized spacial score (nSPS) is 15.2. The van der Waals surface area contributed by atoms with Crippen LogP contribution < -0.4 is 0 Å². The van der Waals surface area contributed by atoms with E-state index in [2.05, 4.69) is 42.2 Å². The van der Waals surface area contributed by atoms with Crippen molar-refractivity contribution in [2.24, 2.45) is 0 Å². The summed E-state index contributed by atoms with van der Waals surface area (Å²) in [4.78, 5) is 20.6. The molecule has 184 valence electrons. The van der Waals surface area contributed by atoms with Crippen LogP contribution >= 0.6 is 0 Å². The van der Waals surface area contributed by atoms with Gasteiger partial charge >= 0.3 is 5.97 Å². The van der Waals surface area contributed by atoms with Crippen LogP contribution in [0.4, 0.5) is 0 Å². The predicted molar refractivity (Wildman–Crippen MR) is 140 cm³/mol. The van der Waals surface area contributed by atoms with Crippen LogP contribution in [0.5, 0.6) is 0 Å². The van der Waals surface area contributed by atoms with Crippen molar-refractivity contribution in [2.45, 2.75) is 83.8 Å². The van der Waals surface area contributed by atoms with Gasteiger partial charge in [0.2, 0.25) is 0 Å². The summed E-state index contributed by atoms with van der Waals surface area (Å²) in [5.41, 5.74) is 6.24. The molecular weight excluding hydrogens is 442 g/mol. The molecule has 34 heavy (non-hydrogen) atoms. The van der Waals surface area contributed by atoms with E-state index in [1.165, 1.54) is 50.2 Å². The smallest absolute Gasteiger partial charge is 0.337 e. The lowest BCUT2D eigenvalue weighted by molar-refractivity contribution is 0.0601. The second-order valence-corrected chi connectivity index (χ2v) is 16.3. The molecule has 0 saturated heterocycles. The molecule has 1 fully saturated rings. The van der Waals surface area contributed by atoms with Gasteiger partial charge in [-0.15, -0.1) is 0 Å². The van der Waals surface area contributed by atoms with E-state index in [1.54, 1.807) is 0 Å². The second kappa shape index (κ2) is 10.5. The number of nitrogens with zero attached hydrogens (tertiary/aromatic N) is 2. The number of nitrogens with one attached hydrogen (secondary N) is 1. The van der Waals surface area contributed by atoms with Gasteiger partial charge in [-0.25, -0.2) is 9.78 Å². The molecule has 0 spiro atoms. The van der Waals surface area contributed by atoms with Gasteiger partial charge in [0, 0.05) is 25.6 Å². The molecule has 0 amide bonds. The maximum Gasteiger partial charge on any atom is 0.337 e. The zero-order chi connectivity index (χ0) is 24.3. The standard InChI is InChI=1S/C27H39N3O3Si/c1-6-22-26(30(17-28-22)18-33-14-15-34(3,4)5)25-24(19-10-8-7-9-11-19)21-13-12-20(27(31)32-2)16-23(21)29-25/h12-13,16-17,19,29H,6-11,14-15,18H2,1-5H3. The Kier molecular flexibility index (Phi) is 7.62. The quantitative estimate of drug-likeness (QED) is 0.209. The summed E-state index contributed by atoms with van der Waals surface area (Å²) in [5, 5.41) is 1.20. The van der Waals surface area contributed by atoms with Gasteiger partial charge in [-0.1, -0.05) is 51.9 Å². The van der Waals surface area contributed by atoms with Crippen LogP contribution in [0.25, 0.3) is 22.3 Å². The summed E-state index contributed by atoms with van der Waals surface area (Å²) < 4.78 is 13.2. The molecule has 0 atom stereocenters. The molecule has 0 aliphatic heterocycles. The van der Waals surface area contributed by atoms with Gasteiger partial charge in [-0.05, 0) is 48.9 Å². The number of fused-ring (bicyclic) bond motifs is 1. The first-order chi connectivity index (χ1) is 16.3. The van der Waals surface area contributed by atoms with E-state index >= 15 is 0 Å². The summed E-state index contributed by atoms with van der Waals surface area (Å²) in [6, 6.07) is 7.04. The van der Waals surface area contributed by atoms with Crippen molar-refractivity contribution in [1.29, 1.82) is 0 Å². The van der Waals surface area contributed by atoms with E-state index in [0.717, 1.165) is 41.7 Å². The minimum atomic E-state index is -1.14. The number of H-pyrrole nitrogens is 1. The number of aromatic amines is 1. The number of benzene rings is 1. The van der Waals surface area contributed by atoms with E-state index in [9.17, 15) is 4.79 Å². The molecule has 1 N–H and O–H groups in total. The largest absolute Gasteiger partial charge is 0.465 e. The number of rotatable bonds is 9. The number of hydrogen-bond donors (Lipinski definition) is 1. The van der Waals surface area contributed by atoms with Crippen LogP contribution in [-0.2, 0) is 22.6 Å². The van der Waals surface area contributed by atoms with E-state index in [0.29, 0.717) is 18.2 Å². The van der Waals surface area contributed by atoms with Crippen LogP contribution in [0, 0.1) is 0 Å². The zero-order valence-corrected chi connectivity index (χ0v) is 22.4. The van der Waals surface area contributed by atoms with Crippen molar-refractivity contribution in [2.75, 3.05) is 13.7 Å². The van der Waals surface area contributed by atoms with E-state index in [-0.39, 0.29) is 5.97 Å². The van der Waals surface area contributed by atoms with Crippen LogP contribution in [0.1, 0.15) is 66.6 Å². The van der Waals surface area contributed by atoms with Crippen molar-refractivity contribution in [3.63, 3.8) is 0 Å². The summed E-state index contributed by atoms with van der Waals surface area (Å²) in [6.07, 6.45) is 8.99. The van der Waals surface area contributed by atoms with Crippen molar-refractivity contribution in [1.82, 2.24) is 14.5 Å². The first-order valence-corrected chi connectivity index (χ1v) is 16.4. The SMILES string of the molecule is CCc1ncn(COCC[Si](C)(C)C)c1-c1[nH]c2cc(C(=O)OC)ccc2c1C1CCCCC1. The van der Waals surface area contributed by atoms with Gasteiger partial charge in [0.15, 0.2) is 0 Å². The van der Waals surface area contributed by atoms with Gasteiger partial charge in [-0.2, -0.15) is 0 Å². The molecule has 2 heterocycles. The topological polar surface area (TPSA) is 69.1 Å². The highest BCUT2D eigenvalue weighted by Gasteiger charge is 2.27. The number of aryl methyl sites for hydroxylation is 1. The maximum atomic E-state index is 12.2. The highest BCUT2D eigenvalue weighted by Crippen LogP contribution is 2.43. The van der Waals surface area contributed by atoms with Crippen molar-refractivity contribution in [3.8, 4) is 11.4 Å². The molecule has 1 aromatic carbocycles. The summed E-state index contributed by atoms with van der Waals surface area (Å²) in [7, 11) is 0.285. The zero-order valence-electron chi connectivity index (χ0n) is 21.4. The Morgan fingerprint density at radius 2 is 1.97 bits per heavy atom. The minimum Gasteiger partial charge on any atom is -0.465 e. The van der Waals surface area contributed by atoms with Gasteiger partial charge in [0.05, 0.1) is 36.1 Å². The lowest BCUT2D eigenvalue weighted by Crippen LogP contribution is -2.22. The third kappa shape index (κ3) is 5.30. The van der Waals surface area contributed by atoms with Crippen molar-refractivity contribution in [3.05, 3.63) is 41.3 Å². The second-order valence-electron chi connectivity index (χ2n) is 10.7. The Bertz CT molecular complexity index is 1140. The molecule has 0 unspecified atom stereocenters. The predicted octanol–water partition coefficient (Wildman–Crippen LogP) is 6.74. The van der Waals surface area contributed by atoms with Gasteiger partial charge < -0.3 is 19.0 Å². The molecule has 1 aliphatic rings. The van der Waals surface area contributed by atoms with Crippen LogP contribution in [0.3, 0.4) is 0 Å². The molecule has 1 saturated carbocycles.